The topological polar surface area (TPSA) is 142 Å². The van der Waals surface area contributed by atoms with Crippen LogP contribution in [-0.4, -0.2) is 81.5 Å². The van der Waals surface area contributed by atoms with Gasteiger partial charge >= 0.3 is 5.97 Å². The highest BCUT2D eigenvalue weighted by atomic mass is 32.2. The van der Waals surface area contributed by atoms with Crippen LogP contribution >= 0.6 is 11.8 Å². The van der Waals surface area contributed by atoms with E-state index >= 15 is 0 Å². The Morgan fingerprint density at radius 2 is 2.09 bits per heavy atom. The van der Waals surface area contributed by atoms with Crippen molar-refractivity contribution in [2.45, 2.75) is 63.5 Å². The van der Waals surface area contributed by atoms with Gasteiger partial charge in [0.15, 0.2) is 0 Å². The molecule has 0 aromatic carbocycles. The molecule has 4 rings (SSSR count). The number of ketones is 1. The van der Waals surface area contributed by atoms with Crippen LogP contribution in [0.4, 0.5) is 0 Å². The van der Waals surface area contributed by atoms with Crippen molar-refractivity contribution >= 4 is 35.3 Å². The first-order chi connectivity index (χ1) is 15.6. The quantitative estimate of drug-likeness (QED) is 0.331. The number of nitrogens with zero attached hydrogens (tertiary/aromatic N) is 2. The second-order valence-corrected chi connectivity index (χ2v) is 11.0. The monoisotopic (exact) mass is 480 g/mol. The zero-order valence-corrected chi connectivity index (χ0v) is 20.0. The number of amides is 2. The second-order valence-electron chi connectivity index (χ2n) is 9.68. The zero-order valence-electron chi connectivity index (χ0n) is 19.2. The molecule has 0 unspecified atom stereocenters. The molecule has 0 radical (unpaired) electrons. The van der Waals surface area contributed by atoms with Crippen molar-refractivity contribution in [3.8, 4) is 0 Å². The molecule has 2 amide bonds. The Labute approximate surface area is 197 Å². The van der Waals surface area contributed by atoms with E-state index in [9.17, 15) is 24.3 Å². The van der Waals surface area contributed by atoms with E-state index < -0.39 is 5.97 Å². The van der Waals surface area contributed by atoms with Crippen LogP contribution < -0.4 is 11.2 Å². The number of β-lactam (4-membered cyclic amide) rings is 1. The van der Waals surface area contributed by atoms with Crippen molar-refractivity contribution in [2.75, 3.05) is 19.6 Å². The highest BCUT2D eigenvalue weighted by Gasteiger charge is 2.60. The molecule has 0 aromatic rings. The lowest BCUT2D eigenvalue weighted by molar-refractivity contribution is -0.160. The van der Waals surface area contributed by atoms with Crippen LogP contribution in [0.1, 0.15) is 40.0 Å². The van der Waals surface area contributed by atoms with E-state index in [2.05, 4.69) is 5.32 Å². The van der Waals surface area contributed by atoms with E-state index in [0.29, 0.717) is 43.8 Å². The number of Topliss-reactive ketones (excluding diaryl/α,β-unsaturated/α-hetero) is 1. The molecule has 0 aromatic heterocycles. The molecule has 4 aliphatic rings. The van der Waals surface area contributed by atoms with Gasteiger partial charge in [0, 0.05) is 42.1 Å². The van der Waals surface area contributed by atoms with Crippen molar-refractivity contribution in [3.63, 3.8) is 0 Å². The third kappa shape index (κ3) is 4.31. The van der Waals surface area contributed by atoms with E-state index in [0.717, 1.165) is 0 Å². The summed E-state index contributed by atoms with van der Waals surface area (Å²) in [6.45, 7) is 7.02. The lowest BCUT2D eigenvalue weighted by Gasteiger charge is -2.47. The number of nitrogens with one attached hydrogen (secondary N) is 1. The maximum Gasteiger partial charge on any atom is 0.353 e. The average Bonchev–Trinajstić information content (AvgIpc) is 3.46. The van der Waals surface area contributed by atoms with Crippen LogP contribution in [0.3, 0.4) is 0 Å². The molecule has 10 nitrogen and oxygen atoms in total. The lowest BCUT2D eigenvalue weighted by atomic mass is 9.73. The van der Waals surface area contributed by atoms with E-state index in [1.165, 1.54) is 23.6 Å². The normalized spacial score (nSPS) is 34.5. The van der Waals surface area contributed by atoms with Crippen molar-refractivity contribution in [1.29, 1.82) is 0 Å². The molecule has 0 spiro atoms. The predicted molar refractivity (Wildman–Crippen MR) is 120 cm³/mol. The van der Waals surface area contributed by atoms with Gasteiger partial charge < -0.3 is 25.0 Å². The number of carbonyl (C=O) groups is 4. The Morgan fingerprint density at radius 1 is 1.36 bits per heavy atom. The number of carboxylic acids is 1. The summed E-state index contributed by atoms with van der Waals surface area (Å²) in [5, 5.41) is 13.2. The van der Waals surface area contributed by atoms with Gasteiger partial charge in [-0.05, 0) is 25.7 Å². The molecule has 0 aliphatic carbocycles. The highest BCUT2D eigenvalue weighted by Crippen LogP contribution is 2.53. The first kappa shape index (κ1) is 24.2. The molecule has 33 heavy (non-hydrogen) atoms. The molecule has 182 valence electrons. The van der Waals surface area contributed by atoms with Gasteiger partial charge in [0.05, 0.1) is 24.1 Å². The molecule has 3 saturated heterocycles. The maximum atomic E-state index is 12.9. The maximum absolute atomic E-state index is 12.9. The van der Waals surface area contributed by atoms with Crippen LogP contribution in [-0.2, 0) is 24.0 Å². The van der Waals surface area contributed by atoms with Crippen LogP contribution in [0.5, 0.6) is 0 Å². The van der Waals surface area contributed by atoms with E-state index in [-0.39, 0.29) is 64.5 Å². The van der Waals surface area contributed by atoms with Crippen LogP contribution in [0.15, 0.2) is 10.6 Å². The SMILES string of the molecule is CC(=O)C[C@H](C)[C@H]1C(=O)N2C(C(=O)O)=C(S[C@@H]3CN[C@H](C(=O)N4CC[C@H](ON)C4)C3)[C@H](C)[C@H]12. The van der Waals surface area contributed by atoms with Crippen molar-refractivity contribution < 1.29 is 29.1 Å². The molecular formula is C22H32N4O6S. The number of carbonyl (C=O) groups excluding carboxylic acids is 3. The molecule has 7 atom stereocenters. The fraction of sp³-hybridized carbons (Fsp3) is 0.727. The number of thioether (sulfide) groups is 1. The number of carboxylic acid groups (broad SMARTS) is 1. The van der Waals surface area contributed by atoms with E-state index in [4.69, 9.17) is 10.7 Å². The molecule has 0 bridgehead atoms. The van der Waals surface area contributed by atoms with E-state index in [1.54, 1.807) is 4.90 Å². The summed E-state index contributed by atoms with van der Waals surface area (Å²) in [7, 11) is 0. The van der Waals surface area contributed by atoms with Crippen LogP contribution in [0.25, 0.3) is 0 Å². The second kappa shape index (κ2) is 9.36. The van der Waals surface area contributed by atoms with Crippen molar-refractivity contribution in [3.05, 3.63) is 10.6 Å². The molecule has 4 aliphatic heterocycles. The summed E-state index contributed by atoms with van der Waals surface area (Å²) < 4.78 is 0. The number of likely N-dealkylation sites (tertiary alicyclic amines) is 1. The molecule has 3 fully saturated rings. The van der Waals surface area contributed by atoms with E-state index in [1.807, 2.05) is 13.8 Å². The fourth-order valence-corrected chi connectivity index (χ4v) is 7.25. The number of hydrogen-bond acceptors (Lipinski definition) is 8. The van der Waals surface area contributed by atoms with Gasteiger partial charge in [-0.1, -0.05) is 13.8 Å². The Kier molecular flexibility index (Phi) is 6.86. The molecule has 11 heteroatoms. The Balaban J connectivity index is 1.43. The molecule has 0 saturated carbocycles. The van der Waals surface area contributed by atoms with Crippen LogP contribution in [0.2, 0.25) is 0 Å². The highest BCUT2D eigenvalue weighted by molar-refractivity contribution is 8.03. The smallest absolute Gasteiger partial charge is 0.353 e. The van der Waals surface area contributed by atoms with Gasteiger partial charge in [0.2, 0.25) is 11.8 Å². The number of hydrogen-bond donors (Lipinski definition) is 3. The predicted octanol–water partition coefficient (Wildman–Crippen LogP) is 0.329. The third-order valence-electron chi connectivity index (χ3n) is 7.35. The number of aliphatic carboxylic acids is 1. The minimum absolute atomic E-state index is 0.0154. The zero-order chi connectivity index (χ0) is 24.0. The van der Waals surface area contributed by atoms with Gasteiger partial charge in [-0.2, -0.15) is 0 Å². The first-order valence-electron chi connectivity index (χ1n) is 11.5. The van der Waals surface area contributed by atoms with Gasteiger partial charge in [-0.3, -0.25) is 14.4 Å². The molecular weight excluding hydrogens is 448 g/mol. The largest absolute Gasteiger partial charge is 0.477 e. The fourth-order valence-electron chi connectivity index (χ4n) is 5.77. The summed E-state index contributed by atoms with van der Waals surface area (Å²) >= 11 is 1.47. The van der Waals surface area contributed by atoms with Gasteiger partial charge in [0.1, 0.15) is 11.5 Å². The summed E-state index contributed by atoms with van der Waals surface area (Å²) in [5.41, 5.74) is 0.0611. The minimum Gasteiger partial charge on any atom is -0.477 e. The Morgan fingerprint density at radius 3 is 2.70 bits per heavy atom. The summed E-state index contributed by atoms with van der Waals surface area (Å²) in [6.07, 6.45) is 1.47. The Hall–Kier alpha value is -1.95. The first-order valence-corrected chi connectivity index (χ1v) is 12.4. The van der Waals surface area contributed by atoms with Crippen molar-refractivity contribution in [2.24, 2.45) is 23.7 Å². The summed E-state index contributed by atoms with van der Waals surface area (Å²) in [6, 6.07) is -0.559. The minimum atomic E-state index is -1.11. The number of fused-ring (bicyclic) bond motifs is 1. The third-order valence-corrected chi connectivity index (χ3v) is 8.86. The van der Waals surface area contributed by atoms with Crippen LogP contribution in [0, 0.1) is 17.8 Å². The Bertz CT molecular complexity index is 894. The summed E-state index contributed by atoms with van der Waals surface area (Å²) in [5.74, 6) is 3.36. The standard InChI is InChI=1S/C22H32N4O6S/c1-10(6-11(2)27)16-17-12(3)19(18(22(30)31)26(17)21(16)29)33-14-7-15(24-8-14)20(28)25-5-4-13(9-25)32-23/h10,12-17,24H,4-9,23H2,1-3H3,(H,30,31)/t10-,12+,13-,14-,15-,16+,17+/m0/s1. The number of nitrogens with two attached hydrogens (primary N) is 1. The lowest BCUT2D eigenvalue weighted by Crippen LogP contribution is -2.62. The van der Waals surface area contributed by atoms with Gasteiger partial charge in [-0.15, -0.1) is 11.8 Å². The number of rotatable bonds is 8. The van der Waals surface area contributed by atoms with Crippen molar-refractivity contribution in [1.82, 2.24) is 15.1 Å². The molecule has 4 N–H and O–H groups in total. The van der Waals surface area contributed by atoms with Gasteiger partial charge in [0.25, 0.3) is 0 Å². The summed E-state index contributed by atoms with van der Waals surface area (Å²) in [4.78, 5) is 58.1. The van der Waals surface area contributed by atoms with Gasteiger partial charge in [-0.25, -0.2) is 10.7 Å². The molecule has 4 heterocycles. The average molecular weight is 481 g/mol.